The highest BCUT2D eigenvalue weighted by Gasteiger charge is 2.10. The molecule has 0 aliphatic rings. The van der Waals surface area contributed by atoms with Gasteiger partial charge in [-0.15, -0.1) is 0 Å². The Labute approximate surface area is 110 Å². The summed E-state index contributed by atoms with van der Waals surface area (Å²) in [6.45, 7) is 1.97. The summed E-state index contributed by atoms with van der Waals surface area (Å²) in [6, 6.07) is 11.3. The summed E-state index contributed by atoms with van der Waals surface area (Å²) < 4.78 is 0. The average Bonchev–Trinajstić information content (AvgIpc) is 2.27. The second-order valence-electron chi connectivity index (χ2n) is 3.51. The molecule has 0 spiro atoms. The zero-order valence-corrected chi connectivity index (χ0v) is 10.9. The molecule has 2 aromatic rings. The molecule has 2 aromatic carbocycles. The van der Waals surface area contributed by atoms with Gasteiger partial charge in [0.15, 0.2) is 0 Å². The van der Waals surface area contributed by atoms with Gasteiger partial charge in [0.1, 0.15) is 0 Å². The molecule has 16 heavy (non-hydrogen) atoms. The van der Waals surface area contributed by atoms with Gasteiger partial charge in [0.25, 0.3) is 0 Å². The lowest BCUT2D eigenvalue weighted by atomic mass is 10.0. The van der Waals surface area contributed by atoms with Crippen molar-refractivity contribution in [3.8, 4) is 11.1 Å². The molecule has 3 heteroatoms. The van der Waals surface area contributed by atoms with Crippen LogP contribution in [-0.2, 0) is 0 Å². The van der Waals surface area contributed by atoms with E-state index in [0.717, 1.165) is 21.7 Å². The number of benzene rings is 2. The topological polar surface area (TPSA) is 0 Å². The first kappa shape index (κ1) is 11.8. The number of hydrogen-bond donors (Lipinski definition) is 0. The minimum Gasteiger partial charge on any atom is -0.0840 e. The van der Waals surface area contributed by atoms with Gasteiger partial charge in [-0.05, 0) is 30.2 Å². The van der Waals surface area contributed by atoms with E-state index in [4.69, 9.17) is 34.8 Å². The van der Waals surface area contributed by atoms with Crippen LogP contribution in [0.3, 0.4) is 0 Å². The van der Waals surface area contributed by atoms with Gasteiger partial charge < -0.3 is 0 Å². The van der Waals surface area contributed by atoms with E-state index in [2.05, 4.69) is 0 Å². The molecule has 0 N–H and O–H groups in total. The molecule has 2 rings (SSSR count). The minimum atomic E-state index is 0.554. The molecule has 0 aliphatic carbocycles. The van der Waals surface area contributed by atoms with Gasteiger partial charge in [0.05, 0.1) is 10.0 Å². The van der Waals surface area contributed by atoms with Crippen molar-refractivity contribution in [1.82, 2.24) is 0 Å². The number of hydrogen-bond acceptors (Lipinski definition) is 0. The molecule has 0 nitrogen and oxygen atoms in total. The van der Waals surface area contributed by atoms with E-state index < -0.39 is 0 Å². The molecule has 0 radical (unpaired) electrons. The van der Waals surface area contributed by atoms with Gasteiger partial charge in [-0.25, -0.2) is 0 Å². The lowest BCUT2D eigenvalue weighted by Gasteiger charge is -2.10. The van der Waals surface area contributed by atoms with E-state index in [-0.39, 0.29) is 0 Å². The van der Waals surface area contributed by atoms with Crippen LogP contribution in [0, 0.1) is 6.92 Å². The van der Waals surface area contributed by atoms with Crippen LogP contribution in [0.15, 0.2) is 36.4 Å². The van der Waals surface area contributed by atoms with Crippen molar-refractivity contribution in [2.45, 2.75) is 6.92 Å². The van der Waals surface area contributed by atoms with Crippen molar-refractivity contribution in [3.05, 3.63) is 57.0 Å². The second-order valence-corrected chi connectivity index (χ2v) is 4.71. The molecule has 0 heterocycles. The van der Waals surface area contributed by atoms with Gasteiger partial charge >= 0.3 is 0 Å². The largest absolute Gasteiger partial charge is 0.0840 e. The molecule has 0 aromatic heterocycles. The Morgan fingerprint density at radius 3 is 2.00 bits per heavy atom. The highest BCUT2D eigenvalue weighted by molar-refractivity contribution is 6.43. The van der Waals surface area contributed by atoms with Crippen molar-refractivity contribution in [2.75, 3.05) is 0 Å². The number of halogens is 3. The first-order chi connectivity index (χ1) is 7.61. The molecule has 0 atom stereocenters. The van der Waals surface area contributed by atoms with Crippen LogP contribution < -0.4 is 0 Å². The molecule has 0 amide bonds. The third-order valence-electron chi connectivity index (χ3n) is 2.51. The molecule has 0 saturated heterocycles. The van der Waals surface area contributed by atoms with Crippen LogP contribution in [0.5, 0.6) is 0 Å². The van der Waals surface area contributed by atoms with Crippen molar-refractivity contribution in [1.29, 1.82) is 0 Å². The summed E-state index contributed by atoms with van der Waals surface area (Å²) in [4.78, 5) is 0. The maximum Gasteiger partial charge on any atom is 0.0670 e. The monoisotopic (exact) mass is 270 g/mol. The average molecular weight is 272 g/mol. The highest BCUT2D eigenvalue weighted by atomic mass is 35.5. The summed E-state index contributed by atoms with van der Waals surface area (Å²) in [5, 5.41) is 1.85. The van der Waals surface area contributed by atoms with E-state index in [1.165, 1.54) is 0 Å². The summed E-state index contributed by atoms with van der Waals surface area (Å²) >= 11 is 18.2. The summed E-state index contributed by atoms with van der Waals surface area (Å²) in [5.41, 5.74) is 2.93. The van der Waals surface area contributed by atoms with Gasteiger partial charge in [0, 0.05) is 10.6 Å². The first-order valence-electron chi connectivity index (χ1n) is 4.80. The molecule has 0 fully saturated rings. The normalized spacial score (nSPS) is 10.5. The van der Waals surface area contributed by atoms with Crippen LogP contribution in [0.25, 0.3) is 11.1 Å². The second kappa shape index (κ2) is 4.67. The van der Waals surface area contributed by atoms with Crippen LogP contribution in [0.4, 0.5) is 0 Å². The van der Waals surface area contributed by atoms with Crippen molar-refractivity contribution < 1.29 is 0 Å². The molecule has 0 aliphatic heterocycles. The fourth-order valence-electron chi connectivity index (χ4n) is 1.61. The highest BCUT2D eigenvalue weighted by Crippen LogP contribution is 2.36. The molecule has 0 unspecified atom stereocenters. The van der Waals surface area contributed by atoms with Gasteiger partial charge in [-0.3, -0.25) is 0 Å². The lowest BCUT2D eigenvalue weighted by molar-refractivity contribution is 1.46. The van der Waals surface area contributed by atoms with E-state index in [9.17, 15) is 0 Å². The van der Waals surface area contributed by atoms with Crippen molar-refractivity contribution in [3.63, 3.8) is 0 Å². The van der Waals surface area contributed by atoms with E-state index in [1.807, 2.05) is 37.3 Å². The fraction of sp³-hybridized carbons (Fsp3) is 0.0769. The smallest absolute Gasteiger partial charge is 0.0670 e. The van der Waals surface area contributed by atoms with Crippen LogP contribution >= 0.6 is 34.8 Å². The maximum atomic E-state index is 6.18. The Kier molecular flexibility index (Phi) is 3.44. The fourth-order valence-corrected chi connectivity index (χ4v) is 2.19. The SMILES string of the molecule is Cc1c(Cl)cccc1-c1cccc(Cl)c1Cl. The van der Waals surface area contributed by atoms with E-state index in [1.54, 1.807) is 6.07 Å². The van der Waals surface area contributed by atoms with E-state index in [0.29, 0.717) is 10.0 Å². The van der Waals surface area contributed by atoms with Gasteiger partial charge in [-0.2, -0.15) is 0 Å². The summed E-state index contributed by atoms with van der Waals surface area (Å²) in [5.74, 6) is 0. The Balaban J connectivity index is 2.68. The van der Waals surface area contributed by atoms with Gasteiger partial charge in [-0.1, -0.05) is 59.1 Å². The Morgan fingerprint density at radius 2 is 1.31 bits per heavy atom. The standard InChI is InChI=1S/C13H9Cl3/c1-8-9(4-2-6-11(8)14)10-5-3-7-12(15)13(10)16/h2-7H,1H3. The Morgan fingerprint density at radius 1 is 0.750 bits per heavy atom. The Bertz CT molecular complexity index is 483. The predicted octanol–water partition coefficient (Wildman–Crippen LogP) is 5.62. The predicted molar refractivity (Wildman–Crippen MR) is 71.6 cm³/mol. The summed E-state index contributed by atoms with van der Waals surface area (Å²) in [7, 11) is 0. The molecule has 0 saturated carbocycles. The summed E-state index contributed by atoms with van der Waals surface area (Å²) in [6.07, 6.45) is 0. The molecule has 0 bridgehead atoms. The maximum absolute atomic E-state index is 6.18. The molecule has 82 valence electrons. The van der Waals surface area contributed by atoms with Crippen LogP contribution in [0.2, 0.25) is 15.1 Å². The van der Waals surface area contributed by atoms with Crippen molar-refractivity contribution in [2.24, 2.45) is 0 Å². The zero-order chi connectivity index (χ0) is 11.7. The Hall–Kier alpha value is -0.690. The van der Waals surface area contributed by atoms with E-state index >= 15 is 0 Å². The van der Waals surface area contributed by atoms with Crippen molar-refractivity contribution >= 4 is 34.8 Å². The quantitative estimate of drug-likeness (QED) is 0.631. The zero-order valence-electron chi connectivity index (χ0n) is 8.60. The third kappa shape index (κ3) is 2.06. The minimum absolute atomic E-state index is 0.554. The molecular formula is C13H9Cl3. The van der Waals surface area contributed by atoms with Gasteiger partial charge in [0.2, 0.25) is 0 Å². The first-order valence-corrected chi connectivity index (χ1v) is 5.94. The van der Waals surface area contributed by atoms with Crippen LogP contribution in [-0.4, -0.2) is 0 Å². The molecular weight excluding hydrogens is 263 g/mol. The van der Waals surface area contributed by atoms with Crippen LogP contribution in [0.1, 0.15) is 5.56 Å². The number of rotatable bonds is 1. The third-order valence-corrected chi connectivity index (χ3v) is 3.74. The lowest BCUT2D eigenvalue weighted by Crippen LogP contribution is -1.85.